The zero-order valence-corrected chi connectivity index (χ0v) is 14.0. The van der Waals surface area contributed by atoms with E-state index >= 15 is 0 Å². The molecule has 5 nitrogen and oxygen atoms in total. The Morgan fingerprint density at radius 3 is 2.56 bits per heavy atom. The van der Waals surface area contributed by atoms with E-state index in [9.17, 15) is 14.0 Å². The lowest BCUT2D eigenvalue weighted by atomic mass is 10.0. The first-order valence-corrected chi connectivity index (χ1v) is 8.36. The van der Waals surface area contributed by atoms with Gasteiger partial charge in [-0.25, -0.2) is 9.18 Å². The quantitative estimate of drug-likeness (QED) is 0.799. The molecule has 0 unspecified atom stereocenters. The molecule has 0 N–H and O–H groups in total. The lowest BCUT2D eigenvalue weighted by Gasteiger charge is -2.26. The van der Waals surface area contributed by atoms with Crippen LogP contribution in [0.15, 0.2) is 41.5 Å². The largest absolute Gasteiger partial charge is 0.462 e. The summed E-state index contributed by atoms with van der Waals surface area (Å²) in [4.78, 5) is 25.0. The molecule has 0 saturated carbocycles. The number of halogens is 1. The fraction of sp³-hybridized carbons (Fsp3) is 0.368. The van der Waals surface area contributed by atoms with Gasteiger partial charge in [0.25, 0.3) is 0 Å². The average molecular weight is 345 g/mol. The van der Waals surface area contributed by atoms with E-state index in [4.69, 9.17) is 9.47 Å². The first kappa shape index (κ1) is 17.4. The molecule has 132 valence electrons. The van der Waals surface area contributed by atoms with Crippen molar-refractivity contribution in [3.05, 3.63) is 58.3 Å². The molecule has 6 heteroatoms. The second-order valence-electron chi connectivity index (χ2n) is 5.93. The molecule has 2 aromatic rings. The van der Waals surface area contributed by atoms with Crippen LogP contribution in [0.3, 0.4) is 0 Å². The number of nitrogens with zero attached hydrogens (tertiary/aromatic N) is 1. The van der Waals surface area contributed by atoms with Crippen molar-refractivity contribution in [2.75, 3.05) is 19.8 Å². The van der Waals surface area contributed by atoms with E-state index in [1.54, 1.807) is 19.3 Å². The van der Waals surface area contributed by atoms with Gasteiger partial charge in [0, 0.05) is 37.2 Å². The van der Waals surface area contributed by atoms with Crippen LogP contribution in [0.1, 0.15) is 36.2 Å². The highest BCUT2D eigenvalue weighted by molar-refractivity contribution is 5.90. The van der Waals surface area contributed by atoms with E-state index in [1.165, 1.54) is 24.3 Å². The van der Waals surface area contributed by atoms with Gasteiger partial charge in [-0.1, -0.05) is 12.1 Å². The van der Waals surface area contributed by atoms with Crippen LogP contribution in [-0.2, 0) is 9.47 Å². The van der Waals surface area contributed by atoms with E-state index in [0.29, 0.717) is 24.3 Å². The molecule has 25 heavy (non-hydrogen) atoms. The molecule has 3 rings (SSSR count). The molecule has 1 aliphatic heterocycles. The van der Waals surface area contributed by atoms with Crippen molar-refractivity contribution in [2.24, 2.45) is 0 Å². The average Bonchev–Trinajstić information content (AvgIpc) is 2.63. The number of carbonyl (C=O) groups excluding carboxylic acids is 1. The van der Waals surface area contributed by atoms with Gasteiger partial charge in [-0.05, 0) is 37.5 Å². The number of rotatable bonds is 4. The van der Waals surface area contributed by atoms with Gasteiger partial charge in [-0.15, -0.1) is 0 Å². The number of benzene rings is 1. The number of pyridine rings is 1. The van der Waals surface area contributed by atoms with Gasteiger partial charge in [-0.2, -0.15) is 0 Å². The third kappa shape index (κ3) is 3.79. The standard InChI is InChI=1S/C19H20FNO4/c1-2-25-19(23)17-12-21(15-7-9-24-10-8-15)11-16(18(17)22)13-3-5-14(20)6-4-13/h3-6,11-12,15H,2,7-10H2,1H3. The van der Waals surface area contributed by atoms with Gasteiger partial charge < -0.3 is 14.0 Å². The Hall–Kier alpha value is -2.47. The van der Waals surface area contributed by atoms with Crippen molar-refractivity contribution in [2.45, 2.75) is 25.8 Å². The highest BCUT2D eigenvalue weighted by Gasteiger charge is 2.21. The minimum absolute atomic E-state index is 0.00448. The summed E-state index contributed by atoms with van der Waals surface area (Å²) < 4.78 is 25.5. The van der Waals surface area contributed by atoms with Crippen LogP contribution in [0, 0.1) is 5.82 Å². The van der Waals surface area contributed by atoms with E-state index in [0.717, 1.165) is 12.8 Å². The predicted molar refractivity (Wildman–Crippen MR) is 91.1 cm³/mol. The molecular formula is C19H20FNO4. The highest BCUT2D eigenvalue weighted by atomic mass is 19.1. The molecule has 1 aromatic carbocycles. The van der Waals surface area contributed by atoms with Gasteiger partial charge in [0.05, 0.1) is 6.61 Å². The molecule has 0 amide bonds. The topological polar surface area (TPSA) is 57.5 Å². The van der Waals surface area contributed by atoms with Crippen LogP contribution in [0.5, 0.6) is 0 Å². The van der Waals surface area contributed by atoms with Gasteiger partial charge in [-0.3, -0.25) is 4.79 Å². The Kier molecular flexibility index (Phi) is 5.28. The molecule has 0 bridgehead atoms. The Morgan fingerprint density at radius 2 is 1.92 bits per heavy atom. The summed E-state index contributed by atoms with van der Waals surface area (Å²) in [6.45, 7) is 3.16. The smallest absolute Gasteiger partial charge is 0.343 e. The maximum absolute atomic E-state index is 13.2. The maximum atomic E-state index is 13.2. The van der Waals surface area contributed by atoms with Crippen molar-refractivity contribution in [1.82, 2.24) is 4.57 Å². The zero-order chi connectivity index (χ0) is 17.8. The van der Waals surface area contributed by atoms with E-state index in [2.05, 4.69) is 0 Å². The molecule has 1 aliphatic rings. The monoisotopic (exact) mass is 345 g/mol. The van der Waals surface area contributed by atoms with Crippen molar-refractivity contribution >= 4 is 5.97 Å². The summed E-state index contributed by atoms with van der Waals surface area (Å²) in [6, 6.07) is 5.81. The van der Waals surface area contributed by atoms with Crippen LogP contribution in [-0.4, -0.2) is 30.4 Å². The summed E-state index contributed by atoms with van der Waals surface area (Å²) in [6.07, 6.45) is 4.89. The molecule has 1 saturated heterocycles. The Morgan fingerprint density at radius 1 is 1.24 bits per heavy atom. The van der Waals surface area contributed by atoms with Gasteiger partial charge in [0.15, 0.2) is 0 Å². The fourth-order valence-corrected chi connectivity index (χ4v) is 2.98. The lowest BCUT2D eigenvalue weighted by Crippen LogP contribution is -2.25. The molecule has 0 atom stereocenters. The minimum atomic E-state index is -0.641. The maximum Gasteiger partial charge on any atom is 0.343 e. The third-order valence-corrected chi connectivity index (χ3v) is 4.31. The van der Waals surface area contributed by atoms with Crippen LogP contribution >= 0.6 is 0 Å². The summed E-state index contributed by atoms with van der Waals surface area (Å²) in [5, 5.41) is 0. The summed E-state index contributed by atoms with van der Waals surface area (Å²) in [5.41, 5.74) is 0.513. The summed E-state index contributed by atoms with van der Waals surface area (Å²) in [5.74, 6) is -1.02. The fourth-order valence-electron chi connectivity index (χ4n) is 2.98. The third-order valence-electron chi connectivity index (χ3n) is 4.31. The first-order chi connectivity index (χ1) is 12.1. The normalized spacial score (nSPS) is 15.1. The Balaban J connectivity index is 2.11. The van der Waals surface area contributed by atoms with Crippen LogP contribution < -0.4 is 5.43 Å². The van der Waals surface area contributed by atoms with E-state index in [1.807, 2.05) is 4.57 Å². The molecule has 1 aromatic heterocycles. The summed E-state index contributed by atoms with van der Waals surface area (Å²) >= 11 is 0. The zero-order valence-electron chi connectivity index (χ0n) is 14.0. The lowest BCUT2D eigenvalue weighted by molar-refractivity contribution is 0.0521. The van der Waals surface area contributed by atoms with Gasteiger partial charge in [0.2, 0.25) is 5.43 Å². The minimum Gasteiger partial charge on any atom is -0.462 e. The Labute approximate surface area is 145 Å². The molecule has 0 radical (unpaired) electrons. The number of hydrogen-bond acceptors (Lipinski definition) is 4. The summed E-state index contributed by atoms with van der Waals surface area (Å²) in [7, 11) is 0. The molecule has 2 heterocycles. The van der Waals surface area contributed by atoms with Crippen molar-refractivity contribution in [1.29, 1.82) is 0 Å². The van der Waals surface area contributed by atoms with Crippen molar-refractivity contribution in [3.8, 4) is 11.1 Å². The first-order valence-electron chi connectivity index (χ1n) is 8.36. The molecule has 0 spiro atoms. The van der Waals surface area contributed by atoms with E-state index < -0.39 is 11.4 Å². The number of carbonyl (C=O) groups is 1. The number of esters is 1. The number of ether oxygens (including phenoxy) is 2. The van der Waals surface area contributed by atoms with Gasteiger partial charge in [0.1, 0.15) is 11.4 Å². The second-order valence-corrected chi connectivity index (χ2v) is 5.93. The SMILES string of the molecule is CCOC(=O)c1cn(C2CCOCC2)cc(-c2ccc(F)cc2)c1=O. The van der Waals surface area contributed by atoms with Crippen LogP contribution in [0.4, 0.5) is 4.39 Å². The number of hydrogen-bond donors (Lipinski definition) is 0. The number of aromatic nitrogens is 1. The second kappa shape index (κ2) is 7.61. The Bertz CT molecular complexity index is 807. The molecular weight excluding hydrogens is 325 g/mol. The van der Waals surface area contributed by atoms with E-state index in [-0.39, 0.29) is 24.0 Å². The van der Waals surface area contributed by atoms with Gasteiger partial charge >= 0.3 is 5.97 Å². The van der Waals surface area contributed by atoms with Crippen LogP contribution in [0.25, 0.3) is 11.1 Å². The van der Waals surface area contributed by atoms with Crippen molar-refractivity contribution < 1.29 is 18.7 Å². The van der Waals surface area contributed by atoms with Crippen molar-refractivity contribution in [3.63, 3.8) is 0 Å². The van der Waals surface area contributed by atoms with Crippen LogP contribution in [0.2, 0.25) is 0 Å². The molecule has 0 aliphatic carbocycles. The molecule has 1 fully saturated rings. The highest BCUT2D eigenvalue weighted by Crippen LogP contribution is 2.24. The predicted octanol–water partition coefficient (Wildman–Crippen LogP) is 3.18.